The lowest BCUT2D eigenvalue weighted by Crippen LogP contribution is -2.53. The molecule has 5 nitrogen and oxygen atoms in total. The normalized spacial score (nSPS) is 21.6. The minimum absolute atomic E-state index is 0.273. The summed E-state index contributed by atoms with van der Waals surface area (Å²) in [5.74, 6) is 0. The predicted octanol–water partition coefficient (Wildman–Crippen LogP) is 1.60. The van der Waals surface area contributed by atoms with Gasteiger partial charge in [0.2, 0.25) is 10.0 Å². The van der Waals surface area contributed by atoms with Crippen molar-refractivity contribution in [1.29, 1.82) is 0 Å². The molecule has 0 aromatic heterocycles. The van der Waals surface area contributed by atoms with Gasteiger partial charge in [0.25, 0.3) is 0 Å². The molecule has 1 heterocycles. The number of likely N-dealkylation sites (N-methyl/N-ethyl adjacent to an activating group) is 1. The first-order valence-electron chi connectivity index (χ1n) is 7.35. The van der Waals surface area contributed by atoms with Crippen LogP contribution < -0.4 is 5.73 Å². The van der Waals surface area contributed by atoms with Crippen molar-refractivity contribution in [3.05, 3.63) is 23.3 Å². The number of nitrogens with zero attached hydrogens (tertiary/aromatic N) is 2. The van der Waals surface area contributed by atoms with E-state index < -0.39 is 10.0 Å². The van der Waals surface area contributed by atoms with Gasteiger partial charge in [-0.1, -0.05) is 13.0 Å². The summed E-state index contributed by atoms with van der Waals surface area (Å²) >= 11 is 0. The number of nitrogen functional groups attached to an aromatic ring is 1. The fraction of sp³-hybridized carbons (Fsp3) is 0.600. The van der Waals surface area contributed by atoms with E-state index in [0.717, 1.165) is 18.5 Å². The molecule has 1 atom stereocenters. The van der Waals surface area contributed by atoms with Crippen LogP contribution in [0.1, 0.15) is 24.5 Å². The van der Waals surface area contributed by atoms with Crippen molar-refractivity contribution in [2.75, 3.05) is 32.4 Å². The lowest BCUT2D eigenvalue weighted by molar-refractivity contribution is 0.144. The molecule has 0 saturated carbocycles. The van der Waals surface area contributed by atoms with Crippen molar-refractivity contribution in [3.8, 4) is 0 Å². The maximum atomic E-state index is 13.0. The Morgan fingerprint density at radius 2 is 1.95 bits per heavy atom. The van der Waals surface area contributed by atoms with Gasteiger partial charge in [-0.25, -0.2) is 8.42 Å². The Labute approximate surface area is 127 Å². The minimum Gasteiger partial charge on any atom is -0.398 e. The van der Waals surface area contributed by atoms with Crippen LogP contribution in [0.25, 0.3) is 0 Å². The summed E-state index contributed by atoms with van der Waals surface area (Å²) in [5.41, 5.74) is 7.84. The first-order valence-corrected chi connectivity index (χ1v) is 8.79. The summed E-state index contributed by atoms with van der Waals surface area (Å²) in [7, 11) is -1.43. The summed E-state index contributed by atoms with van der Waals surface area (Å²) in [6.07, 6.45) is 0.942. The molecule has 0 bridgehead atoms. The largest absolute Gasteiger partial charge is 0.398 e. The van der Waals surface area contributed by atoms with Crippen LogP contribution in [0.3, 0.4) is 0 Å². The molecule has 2 rings (SSSR count). The van der Waals surface area contributed by atoms with Crippen molar-refractivity contribution in [2.45, 2.75) is 38.1 Å². The van der Waals surface area contributed by atoms with Crippen molar-refractivity contribution in [3.63, 3.8) is 0 Å². The molecule has 0 aliphatic carbocycles. The van der Waals surface area contributed by atoms with Gasteiger partial charge in [0, 0.05) is 31.4 Å². The Hall–Kier alpha value is -1.11. The summed E-state index contributed by atoms with van der Waals surface area (Å²) in [5, 5.41) is 0. The highest BCUT2D eigenvalue weighted by Crippen LogP contribution is 2.29. The van der Waals surface area contributed by atoms with Crippen molar-refractivity contribution >= 4 is 15.7 Å². The molecular formula is C15H25N3O2S. The number of hydrogen-bond donors (Lipinski definition) is 1. The third kappa shape index (κ3) is 2.93. The van der Waals surface area contributed by atoms with Gasteiger partial charge < -0.3 is 10.6 Å². The van der Waals surface area contributed by atoms with Crippen LogP contribution in [0.15, 0.2) is 17.0 Å². The molecule has 118 valence electrons. The van der Waals surface area contributed by atoms with Crippen LogP contribution in [0.4, 0.5) is 5.69 Å². The zero-order valence-electron chi connectivity index (χ0n) is 13.3. The summed E-state index contributed by atoms with van der Waals surface area (Å²) in [6, 6.07) is 3.82. The van der Waals surface area contributed by atoms with Gasteiger partial charge in [-0.05, 0) is 44.5 Å². The van der Waals surface area contributed by atoms with Crippen LogP contribution in [0.5, 0.6) is 0 Å². The van der Waals surface area contributed by atoms with Crippen LogP contribution in [0.2, 0.25) is 0 Å². The molecule has 1 aromatic rings. The topological polar surface area (TPSA) is 66.6 Å². The average Bonchev–Trinajstić information content (AvgIpc) is 2.43. The maximum absolute atomic E-state index is 13.0. The molecule has 1 saturated heterocycles. The van der Waals surface area contributed by atoms with Gasteiger partial charge in [-0.15, -0.1) is 0 Å². The zero-order chi connectivity index (χ0) is 15.8. The summed E-state index contributed by atoms with van der Waals surface area (Å²) in [4.78, 5) is 2.60. The number of piperazine rings is 1. The van der Waals surface area contributed by atoms with E-state index in [2.05, 4.69) is 18.9 Å². The molecule has 0 spiro atoms. The average molecular weight is 311 g/mol. The molecule has 1 fully saturated rings. The van der Waals surface area contributed by atoms with E-state index in [0.29, 0.717) is 29.2 Å². The van der Waals surface area contributed by atoms with E-state index in [1.807, 2.05) is 6.92 Å². The number of hydrogen-bond acceptors (Lipinski definition) is 4. The highest BCUT2D eigenvalue weighted by atomic mass is 32.2. The first kappa shape index (κ1) is 16.3. The second kappa shape index (κ2) is 5.94. The van der Waals surface area contributed by atoms with Crippen molar-refractivity contribution in [2.24, 2.45) is 0 Å². The minimum atomic E-state index is -3.49. The van der Waals surface area contributed by atoms with Gasteiger partial charge in [0.15, 0.2) is 0 Å². The van der Waals surface area contributed by atoms with Crippen molar-refractivity contribution < 1.29 is 8.42 Å². The third-order valence-electron chi connectivity index (χ3n) is 4.45. The quantitative estimate of drug-likeness (QED) is 0.861. The number of aryl methyl sites for hydroxylation is 1. The van der Waals surface area contributed by atoms with Gasteiger partial charge in [-0.2, -0.15) is 4.31 Å². The molecule has 2 N–H and O–H groups in total. The lowest BCUT2D eigenvalue weighted by atomic mass is 10.1. The molecule has 0 radical (unpaired) electrons. The Morgan fingerprint density at radius 3 is 2.57 bits per heavy atom. The highest BCUT2D eigenvalue weighted by molar-refractivity contribution is 7.89. The van der Waals surface area contributed by atoms with Gasteiger partial charge in [-0.3, -0.25) is 0 Å². The predicted molar refractivity (Wildman–Crippen MR) is 85.8 cm³/mol. The fourth-order valence-corrected chi connectivity index (χ4v) is 4.87. The SMILES string of the molecule is CCC1CN(S(=O)(=O)c2c(C)ccc(N)c2C)CCN1C. The molecule has 6 heteroatoms. The van der Waals surface area contributed by atoms with Crippen LogP contribution >= 0.6 is 0 Å². The fourth-order valence-electron chi connectivity index (χ4n) is 2.94. The van der Waals surface area contributed by atoms with Crippen molar-refractivity contribution in [1.82, 2.24) is 9.21 Å². The Balaban J connectivity index is 2.42. The van der Waals surface area contributed by atoms with Gasteiger partial charge >= 0.3 is 0 Å². The van der Waals surface area contributed by atoms with E-state index in [4.69, 9.17) is 5.73 Å². The Morgan fingerprint density at radius 1 is 1.29 bits per heavy atom. The number of nitrogens with two attached hydrogens (primary N) is 1. The summed E-state index contributed by atoms with van der Waals surface area (Å²) in [6.45, 7) is 7.54. The molecule has 1 aliphatic rings. The van der Waals surface area contributed by atoms with Crippen LogP contribution in [-0.2, 0) is 10.0 Å². The molecular weight excluding hydrogens is 286 g/mol. The van der Waals surface area contributed by atoms with E-state index in [1.54, 1.807) is 23.4 Å². The number of anilines is 1. The van der Waals surface area contributed by atoms with Gasteiger partial charge in [0.1, 0.15) is 0 Å². The van der Waals surface area contributed by atoms with E-state index >= 15 is 0 Å². The number of rotatable bonds is 3. The van der Waals surface area contributed by atoms with Crippen LogP contribution in [0, 0.1) is 13.8 Å². The molecule has 1 aliphatic heterocycles. The molecule has 21 heavy (non-hydrogen) atoms. The second-order valence-electron chi connectivity index (χ2n) is 5.83. The lowest BCUT2D eigenvalue weighted by Gasteiger charge is -2.38. The van der Waals surface area contributed by atoms with Gasteiger partial charge in [0.05, 0.1) is 4.90 Å². The first-order chi connectivity index (χ1) is 9.78. The number of sulfonamides is 1. The van der Waals surface area contributed by atoms with Crippen LogP contribution in [-0.4, -0.2) is 50.3 Å². The maximum Gasteiger partial charge on any atom is 0.243 e. The molecule has 1 unspecified atom stereocenters. The smallest absolute Gasteiger partial charge is 0.243 e. The Bertz CT molecular complexity index is 628. The zero-order valence-corrected chi connectivity index (χ0v) is 14.1. The number of benzene rings is 1. The highest BCUT2D eigenvalue weighted by Gasteiger charge is 2.33. The van der Waals surface area contributed by atoms with E-state index in [-0.39, 0.29) is 6.04 Å². The van der Waals surface area contributed by atoms with E-state index in [1.165, 1.54) is 0 Å². The second-order valence-corrected chi connectivity index (χ2v) is 7.71. The standard InChI is InChI=1S/C15H25N3O2S/c1-5-13-10-18(9-8-17(13)4)21(19,20)15-11(2)6-7-14(16)12(15)3/h6-7,13H,5,8-10,16H2,1-4H3. The molecule has 0 amide bonds. The Kier molecular flexibility index (Phi) is 4.60. The monoisotopic (exact) mass is 311 g/mol. The molecule has 1 aromatic carbocycles. The third-order valence-corrected chi connectivity index (χ3v) is 6.61. The summed E-state index contributed by atoms with van der Waals surface area (Å²) < 4.78 is 27.6. The van der Waals surface area contributed by atoms with E-state index in [9.17, 15) is 8.42 Å².